The summed E-state index contributed by atoms with van der Waals surface area (Å²) in [5, 5.41) is -1.54. The Morgan fingerprint density at radius 2 is 1.90 bits per heavy atom. The van der Waals surface area contributed by atoms with Crippen LogP contribution >= 0.6 is 23.2 Å². The third-order valence-electron chi connectivity index (χ3n) is 2.51. The van der Waals surface area contributed by atoms with Crippen LogP contribution in [0, 0.1) is 5.82 Å². The van der Waals surface area contributed by atoms with Crippen LogP contribution in [0.5, 0.6) is 0 Å². The van der Waals surface area contributed by atoms with Crippen molar-refractivity contribution in [2.24, 2.45) is 0 Å². The van der Waals surface area contributed by atoms with E-state index in [2.05, 4.69) is 0 Å². The van der Waals surface area contributed by atoms with Crippen molar-refractivity contribution in [1.29, 1.82) is 0 Å². The largest absolute Gasteiger partial charge is 0.348 e. The van der Waals surface area contributed by atoms with Crippen molar-refractivity contribution in [3.63, 3.8) is 0 Å². The first-order valence-electron chi connectivity index (χ1n) is 5.43. The van der Waals surface area contributed by atoms with Gasteiger partial charge in [-0.3, -0.25) is 9.52 Å². The molecule has 0 fully saturated rings. The maximum Gasteiger partial charge on any atom is 0.244 e. The number of amides is 1. The zero-order chi connectivity index (χ0) is 15.7. The van der Waals surface area contributed by atoms with Crippen LogP contribution in [0.4, 0.5) is 10.1 Å². The fraction of sp³-hybridized carbons (Fsp3) is 0.364. The smallest absolute Gasteiger partial charge is 0.244 e. The molecule has 0 saturated heterocycles. The van der Waals surface area contributed by atoms with E-state index in [9.17, 15) is 17.6 Å². The fourth-order valence-electron chi connectivity index (χ4n) is 1.37. The van der Waals surface area contributed by atoms with Gasteiger partial charge in [0.05, 0.1) is 5.02 Å². The molecule has 0 heterocycles. The molecule has 1 rings (SSSR count). The Bertz CT molecular complexity index is 612. The lowest BCUT2D eigenvalue weighted by Gasteiger charge is -2.19. The molecule has 1 amide bonds. The highest BCUT2D eigenvalue weighted by atomic mass is 35.5. The van der Waals surface area contributed by atoms with Gasteiger partial charge >= 0.3 is 0 Å². The van der Waals surface area contributed by atoms with Gasteiger partial charge in [-0.15, -0.1) is 0 Å². The van der Waals surface area contributed by atoms with Crippen LogP contribution in [-0.2, 0) is 14.8 Å². The number of anilines is 1. The number of hydrogen-bond donors (Lipinski definition) is 1. The Balaban J connectivity index is 3.12. The van der Waals surface area contributed by atoms with Gasteiger partial charge in [0.25, 0.3) is 0 Å². The van der Waals surface area contributed by atoms with Crippen molar-refractivity contribution in [3.8, 4) is 0 Å². The number of rotatable bonds is 4. The Kier molecular flexibility index (Phi) is 5.23. The fourth-order valence-corrected chi connectivity index (χ4v) is 3.08. The minimum Gasteiger partial charge on any atom is -0.348 e. The molecule has 1 N–H and O–H groups in total. The van der Waals surface area contributed by atoms with Gasteiger partial charge < -0.3 is 4.90 Å². The molecule has 0 spiro atoms. The predicted molar refractivity (Wildman–Crippen MR) is 77.1 cm³/mol. The number of sulfonamides is 1. The quantitative estimate of drug-likeness (QED) is 0.913. The summed E-state index contributed by atoms with van der Waals surface area (Å²) in [7, 11) is -1.28. The lowest BCUT2D eigenvalue weighted by Crippen LogP contribution is -2.40. The van der Waals surface area contributed by atoms with Crippen LogP contribution < -0.4 is 4.72 Å². The first-order valence-corrected chi connectivity index (χ1v) is 7.74. The minimum absolute atomic E-state index is 0.0351. The summed E-state index contributed by atoms with van der Waals surface area (Å²) in [4.78, 5) is 12.8. The van der Waals surface area contributed by atoms with Gasteiger partial charge in [0, 0.05) is 19.1 Å². The van der Waals surface area contributed by atoms with Crippen LogP contribution in [0.25, 0.3) is 0 Å². The number of halogens is 3. The topological polar surface area (TPSA) is 66.5 Å². The molecule has 5 nitrogen and oxygen atoms in total. The van der Waals surface area contributed by atoms with Crippen molar-refractivity contribution >= 4 is 44.8 Å². The normalized spacial score (nSPS) is 12.9. The highest BCUT2D eigenvalue weighted by Gasteiger charge is 2.30. The number of hydrogen-bond acceptors (Lipinski definition) is 3. The van der Waals surface area contributed by atoms with Crippen LogP contribution in [0.3, 0.4) is 0 Å². The minimum atomic E-state index is -4.12. The van der Waals surface area contributed by atoms with E-state index in [1.54, 1.807) is 0 Å². The van der Waals surface area contributed by atoms with E-state index in [1.807, 2.05) is 4.72 Å². The van der Waals surface area contributed by atoms with Crippen molar-refractivity contribution in [2.75, 3.05) is 18.8 Å². The standard InChI is InChI=1S/C11H13Cl2FN2O3S/c1-6(11(17)16(2)3)20(18,19)15-10-8(13)4-7(12)5-9(10)14/h4-6,15H,1-3H3/t6-/m0/s1. The molecule has 1 aromatic rings. The monoisotopic (exact) mass is 342 g/mol. The number of carbonyl (C=O) groups excluding carboxylic acids is 1. The number of carbonyl (C=O) groups is 1. The molecular formula is C11H13Cl2FN2O3S. The zero-order valence-electron chi connectivity index (χ0n) is 10.9. The third kappa shape index (κ3) is 3.74. The highest BCUT2D eigenvalue weighted by Crippen LogP contribution is 2.30. The van der Waals surface area contributed by atoms with Gasteiger partial charge in [0.15, 0.2) is 5.25 Å². The average Bonchev–Trinajstić information content (AvgIpc) is 2.31. The first-order chi connectivity index (χ1) is 9.06. The molecule has 0 aliphatic carbocycles. The Morgan fingerprint density at radius 1 is 1.35 bits per heavy atom. The summed E-state index contributed by atoms with van der Waals surface area (Å²) in [6, 6.07) is 2.12. The maximum absolute atomic E-state index is 13.7. The van der Waals surface area contributed by atoms with Crippen LogP contribution in [-0.4, -0.2) is 38.6 Å². The SMILES string of the molecule is C[C@@H](C(=O)N(C)C)S(=O)(=O)Nc1c(F)cc(Cl)cc1Cl. The van der Waals surface area contributed by atoms with Crippen molar-refractivity contribution in [1.82, 2.24) is 4.90 Å². The van der Waals surface area contributed by atoms with E-state index in [0.29, 0.717) is 0 Å². The molecule has 112 valence electrons. The summed E-state index contributed by atoms with van der Waals surface area (Å²) in [6.07, 6.45) is 0. The Morgan fingerprint density at radius 3 is 2.35 bits per heavy atom. The molecule has 0 bridgehead atoms. The number of nitrogens with zero attached hydrogens (tertiary/aromatic N) is 1. The van der Waals surface area contributed by atoms with Crippen LogP contribution in [0.2, 0.25) is 10.0 Å². The van der Waals surface area contributed by atoms with E-state index in [4.69, 9.17) is 23.2 Å². The van der Waals surface area contributed by atoms with E-state index < -0.39 is 32.7 Å². The van der Waals surface area contributed by atoms with Crippen molar-refractivity contribution in [3.05, 3.63) is 28.0 Å². The van der Waals surface area contributed by atoms with Gasteiger partial charge in [-0.1, -0.05) is 23.2 Å². The second-order valence-corrected chi connectivity index (χ2v) is 7.11. The molecule has 0 aliphatic rings. The maximum atomic E-state index is 13.7. The lowest BCUT2D eigenvalue weighted by atomic mass is 10.3. The van der Waals surface area contributed by atoms with Gasteiger partial charge in [0.2, 0.25) is 15.9 Å². The van der Waals surface area contributed by atoms with Crippen molar-refractivity contribution in [2.45, 2.75) is 12.2 Å². The first kappa shape index (κ1) is 17.0. The summed E-state index contributed by atoms with van der Waals surface area (Å²) in [5.41, 5.74) is -0.436. The van der Waals surface area contributed by atoms with Gasteiger partial charge in [-0.2, -0.15) is 0 Å². The lowest BCUT2D eigenvalue weighted by molar-refractivity contribution is -0.127. The molecule has 1 atom stereocenters. The van der Waals surface area contributed by atoms with E-state index >= 15 is 0 Å². The van der Waals surface area contributed by atoms with E-state index in [-0.39, 0.29) is 10.0 Å². The van der Waals surface area contributed by atoms with Gasteiger partial charge in [-0.05, 0) is 19.1 Å². The molecule has 9 heteroatoms. The second kappa shape index (κ2) is 6.15. The number of benzene rings is 1. The Labute approximate surface area is 126 Å². The molecule has 0 aliphatic heterocycles. The van der Waals surface area contributed by atoms with E-state index in [1.165, 1.54) is 27.1 Å². The Hall–Kier alpha value is -1.05. The van der Waals surface area contributed by atoms with Gasteiger partial charge in [-0.25, -0.2) is 12.8 Å². The summed E-state index contributed by atoms with van der Waals surface area (Å²) in [5.74, 6) is -1.56. The summed E-state index contributed by atoms with van der Waals surface area (Å²) >= 11 is 11.3. The average molecular weight is 343 g/mol. The summed E-state index contributed by atoms with van der Waals surface area (Å²) in [6.45, 7) is 1.20. The number of nitrogens with one attached hydrogen (secondary N) is 1. The molecule has 0 saturated carbocycles. The second-order valence-electron chi connectivity index (χ2n) is 4.27. The third-order valence-corrected chi connectivity index (χ3v) is 4.64. The zero-order valence-corrected chi connectivity index (χ0v) is 13.3. The molecule has 0 aromatic heterocycles. The molecular weight excluding hydrogens is 330 g/mol. The molecule has 20 heavy (non-hydrogen) atoms. The predicted octanol–water partition coefficient (Wildman–Crippen LogP) is 2.35. The van der Waals surface area contributed by atoms with Crippen LogP contribution in [0.15, 0.2) is 12.1 Å². The molecule has 1 aromatic carbocycles. The van der Waals surface area contributed by atoms with Crippen molar-refractivity contribution < 1.29 is 17.6 Å². The molecule has 0 unspecified atom stereocenters. The van der Waals surface area contributed by atoms with Crippen LogP contribution in [0.1, 0.15) is 6.92 Å². The molecule has 0 radical (unpaired) electrons. The van der Waals surface area contributed by atoms with E-state index in [0.717, 1.165) is 11.0 Å². The highest BCUT2D eigenvalue weighted by molar-refractivity contribution is 7.94. The van der Waals surface area contributed by atoms with Gasteiger partial charge in [0.1, 0.15) is 11.5 Å². The summed E-state index contributed by atoms with van der Waals surface area (Å²) < 4.78 is 39.7.